The number of aliphatic carboxylic acids is 5. The number of allylic oxidation sites excluding steroid dienone is 8. The van der Waals surface area contributed by atoms with Gasteiger partial charge in [-0.2, -0.15) is 13.0 Å². The highest BCUT2D eigenvalue weighted by atomic mass is 32.2. The van der Waals surface area contributed by atoms with E-state index in [4.69, 9.17) is 14.2 Å². The molecule has 2 aromatic carbocycles. The number of carboxylic acids is 5. The second-order valence-corrected chi connectivity index (χ2v) is 34.8. The molecule has 2 aromatic rings. The zero-order chi connectivity index (χ0) is 96.6. The number of carbonyl (C=O) groups excluding carboxylic acids is 11. The number of benzene rings is 2. The number of carboxylic acid groups (broad SMARTS) is 5. The molecule has 3 aliphatic rings. The maximum atomic E-state index is 14.6. The third-order valence-electron chi connectivity index (χ3n) is 22.2. The van der Waals surface area contributed by atoms with Crippen LogP contribution in [0.4, 0.5) is 11.4 Å². The summed E-state index contributed by atoms with van der Waals surface area (Å²) in [7, 11) is -1.70. The molecule has 8 atom stereocenters. The molecule has 1 fully saturated rings. The quantitative estimate of drug-likeness (QED) is 0.0195. The minimum Gasteiger partial charge on any atom is -0.481 e. The third-order valence-corrected chi connectivity index (χ3v) is 23.0. The lowest BCUT2D eigenvalue weighted by atomic mass is 9.81. The summed E-state index contributed by atoms with van der Waals surface area (Å²) in [6, 6.07) is -1.73. The molecular weight excluding hydrogens is 1720 g/mol. The first-order chi connectivity index (χ1) is 61.4. The maximum absolute atomic E-state index is 14.6. The monoisotopic (exact) mass is 1840 g/mol. The van der Waals surface area contributed by atoms with Gasteiger partial charge >= 0.3 is 29.8 Å². The summed E-state index contributed by atoms with van der Waals surface area (Å²) in [5.74, 6) is -17.3. The number of likely N-dealkylation sites (tertiary alicyclic amines) is 1. The number of ether oxygens (including phenoxy) is 3. The van der Waals surface area contributed by atoms with Crippen molar-refractivity contribution in [3.63, 3.8) is 0 Å². The van der Waals surface area contributed by atoms with Gasteiger partial charge in [0.2, 0.25) is 70.7 Å². The summed E-state index contributed by atoms with van der Waals surface area (Å²) in [5, 5.41) is 73.0. The SMILES string of the molecule is CC[N+]1=C(/C=C/C=C/C=C/C=C2/N(CCCCCC(=O)NCCCC[C@@H](NC(=O)[C@@H](CCC(=O)O)NC(=O)[C@@H](CCC(=O)O)NC(=O)[C@@H](CCC(=O)O)NC(=O)[C@@H](CCC(=O)O)NC(=O)[C@@H](CCC(=O)O)NC(=O)CCOCCOC)C(=O)NCCOCC(=O)N3CCC[C@H]3C(=O)N[C@@H](CC(C)C)C(=O)NC)c3ccc(S(=O)(=O)O)cc3C2(C)C)C(C)(C)c2cc(C)ccc21. The molecule has 5 rings (SSSR count). The largest absolute Gasteiger partial charge is 0.481 e. The molecular formula is C89H130N13O27S+. The molecule has 3 aliphatic heterocycles. The van der Waals surface area contributed by atoms with E-state index in [9.17, 15) is 115 Å². The van der Waals surface area contributed by atoms with Crippen LogP contribution in [0, 0.1) is 12.8 Å². The molecule has 41 heteroatoms. The summed E-state index contributed by atoms with van der Waals surface area (Å²) in [5.41, 5.74) is 6.20. The normalized spacial score (nSPS) is 16.4. The molecule has 0 spiro atoms. The average molecular weight is 1850 g/mol. The molecule has 1 saturated heterocycles. The number of aryl methyl sites for hydroxylation is 1. The molecule has 0 unspecified atom stereocenters. The minimum absolute atomic E-state index is 0.0376. The lowest BCUT2D eigenvalue weighted by Crippen LogP contribution is -2.60. The number of amides is 11. The van der Waals surface area contributed by atoms with Crippen LogP contribution in [0.3, 0.4) is 0 Å². The van der Waals surface area contributed by atoms with Crippen LogP contribution in [0.2, 0.25) is 0 Å². The molecule has 16 N–H and O–H groups in total. The highest BCUT2D eigenvalue weighted by molar-refractivity contribution is 7.85. The van der Waals surface area contributed by atoms with Crippen molar-refractivity contribution in [2.45, 2.75) is 254 Å². The lowest BCUT2D eigenvalue weighted by Gasteiger charge is -2.27. The zero-order valence-corrected chi connectivity index (χ0v) is 76.4. The van der Waals surface area contributed by atoms with Crippen molar-refractivity contribution in [2.24, 2.45) is 5.92 Å². The topological polar surface area (TPSA) is 586 Å². The van der Waals surface area contributed by atoms with E-state index in [0.29, 0.717) is 50.6 Å². The Morgan fingerprint density at radius 1 is 0.531 bits per heavy atom. The van der Waals surface area contributed by atoms with E-state index in [-0.39, 0.29) is 100 Å². The van der Waals surface area contributed by atoms with Gasteiger partial charge in [0.15, 0.2) is 5.71 Å². The molecule has 11 amide bonds. The van der Waals surface area contributed by atoms with Gasteiger partial charge in [0.05, 0.1) is 36.7 Å². The predicted octanol–water partition coefficient (Wildman–Crippen LogP) is 3.52. The Balaban J connectivity index is 1.31. The zero-order valence-electron chi connectivity index (χ0n) is 75.6. The third kappa shape index (κ3) is 35.6. The van der Waals surface area contributed by atoms with E-state index in [0.717, 1.165) is 17.9 Å². The number of hydrogen-bond donors (Lipinski definition) is 16. The van der Waals surface area contributed by atoms with Crippen molar-refractivity contribution >= 4 is 122 Å². The highest BCUT2D eigenvalue weighted by Gasteiger charge is 2.45. The van der Waals surface area contributed by atoms with Gasteiger partial charge in [0, 0.05) is 120 Å². The van der Waals surface area contributed by atoms with Crippen LogP contribution in [-0.2, 0) is 112 Å². The number of hydrogen-bond acceptors (Lipinski definition) is 22. The molecule has 0 bridgehead atoms. The summed E-state index contributed by atoms with van der Waals surface area (Å²) >= 11 is 0. The van der Waals surface area contributed by atoms with Gasteiger partial charge in [-0.15, -0.1) is 0 Å². The molecule has 0 radical (unpaired) electrons. The number of carbonyl (C=O) groups is 16. The van der Waals surface area contributed by atoms with Gasteiger partial charge in [0.1, 0.15) is 61.5 Å². The van der Waals surface area contributed by atoms with E-state index in [1.54, 1.807) is 6.07 Å². The van der Waals surface area contributed by atoms with Crippen molar-refractivity contribution in [2.75, 3.05) is 84.8 Å². The summed E-state index contributed by atoms with van der Waals surface area (Å²) in [6.45, 7) is 16.9. The Morgan fingerprint density at radius 3 is 1.58 bits per heavy atom. The summed E-state index contributed by atoms with van der Waals surface area (Å²) in [6.07, 6.45) is 8.74. The Labute approximate surface area is 756 Å². The van der Waals surface area contributed by atoms with E-state index in [1.807, 2.05) is 64.2 Å². The second-order valence-electron chi connectivity index (χ2n) is 33.4. The molecule has 130 heavy (non-hydrogen) atoms. The first-order valence-corrected chi connectivity index (χ1v) is 45.2. The van der Waals surface area contributed by atoms with Crippen molar-refractivity contribution in [3.05, 3.63) is 101 Å². The maximum Gasteiger partial charge on any atom is 0.303 e. The number of nitrogens with zero attached hydrogens (tertiary/aromatic N) is 3. The van der Waals surface area contributed by atoms with Crippen molar-refractivity contribution < 1.29 is 134 Å². The van der Waals surface area contributed by atoms with Gasteiger partial charge in [-0.25, -0.2) is 0 Å². The van der Waals surface area contributed by atoms with E-state index in [2.05, 4.69) is 115 Å². The number of fused-ring (bicyclic) bond motifs is 2. The Kier molecular flexibility index (Phi) is 45.1. The molecule has 40 nitrogen and oxygen atoms in total. The van der Waals surface area contributed by atoms with Crippen LogP contribution in [0.1, 0.15) is 200 Å². The van der Waals surface area contributed by atoms with Crippen molar-refractivity contribution in [1.29, 1.82) is 0 Å². The highest BCUT2D eigenvalue weighted by Crippen LogP contribution is 2.49. The number of nitrogens with one attached hydrogen (secondary N) is 10. The van der Waals surface area contributed by atoms with E-state index >= 15 is 0 Å². The van der Waals surface area contributed by atoms with Gasteiger partial charge < -0.3 is 103 Å². The van der Waals surface area contributed by atoms with Gasteiger partial charge in [-0.1, -0.05) is 76.1 Å². The van der Waals surface area contributed by atoms with Gasteiger partial charge in [-0.3, -0.25) is 81.3 Å². The Bertz CT molecular complexity index is 4620. The lowest BCUT2D eigenvalue weighted by molar-refractivity contribution is -0.433. The van der Waals surface area contributed by atoms with Crippen LogP contribution in [-0.4, -0.2) is 277 Å². The van der Waals surface area contributed by atoms with Gasteiger partial charge in [0.25, 0.3) is 10.1 Å². The average Bonchev–Trinajstić information content (AvgIpc) is 1.60. The molecule has 718 valence electrons. The Hall–Kier alpha value is -11.8. The summed E-state index contributed by atoms with van der Waals surface area (Å²) < 4.78 is 53.0. The first-order valence-electron chi connectivity index (χ1n) is 43.7. The van der Waals surface area contributed by atoms with Crippen LogP contribution >= 0.6 is 0 Å². The minimum atomic E-state index is -4.55. The van der Waals surface area contributed by atoms with Crippen LogP contribution in [0.5, 0.6) is 0 Å². The first kappa shape index (κ1) is 109. The second kappa shape index (κ2) is 54.0. The number of rotatable bonds is 60. The fraction of sp³-hybridized carbons (Fsp3) is 0.584. The number of anilines is 1. The smallest absolute Gasteiger partial charge is 0.303 e. The fourth-order valence-corrected chi connectivity index (χ4v) is 15.8. The molecule has 0 aliphatic carbocycles. The van der Waals surface area contributed by atoms with Gasteiger partial charge in [-0.05, 0) is 153 Å². The van der Waals surface area contributed by atoms with Crippen LogP contribution < -0.4 is 58.1 Å². The predicted molar refractivity (Wildman–Crippen MR) is 474 cm³/mol. The van der Waals surface area contributed by atoms with Crippen LogP contribution in [0.25, 0.3) is 0 Å². The molecule has 0 aromatic heterocycles. The molecule has 0 saturated carbocycles. The number of likely N-dealkylation sites (N-methyl/N-ethyl adjacent to an activating group) is 1. The van der Waals surface area contributed by atoms with E-state index in [1.165, 1.54) is 53.7 Å². The fourth-order valence-electron chi connectivity index (χ4n) is 15.3. The molecule has 3 heterocycles. The number of unbranched alkanes of at least 4 members (excludes halogenated alkanes) is 3. The number of methoxy groups -OCH3 is 1. The van der Waals surface area contributed by atoms with Crippen LogP contribution in [0.15, 0.2) is 89.5 Å². The van der Waals surface area contributed by atoms with Crippen molar-refractivity contribution in [1.82, 2.24) is 58.1 Å². The Morgan fingerprint density at radius 2 is 1.06 bits per heavy atom. The summed E-state index contributed by atoms with van der Waals surface area (Å²) in [4.78, 5) is 214. The standard InChI is InChI=1S/C89H129N13O27S/c1-11-100-67-35-28-56(4)52-58(67)88(5,6)70(100)25-16-13-12-14-17-26-71-89(7,8)59-53-57(130(124,125)126)29-36-68(59)101(71)45-21-15-18-27-72(103)91-43-20-19-23-60(81(117)92-44-48-129-54-74(105)102-46-22-24-69(102)87(123)99-66(51-55(2)3)80(116)90-9)94-83(119)62(31-38-76(108)109)96-85(121)64(33-40-78(112)113)98-86(122)65(34-41-79(114)115)97-84(120)63(32-39-77(110)111)95-82(118)61(30-37-75(106)107)93-73(104)42-47-128-50-49-127-10/h12-14,16-17,25-26,28-29,35-36,52-53,55,60-66,69H,11,15,18-24,27,30-34,37-51,54H2,1-10H3,(H15-,90,91,92,93,94,95,96,97,98,99,103,104,106,107,108,109,110,111,112,113,114,115,116,117,118,119,120,121,122,123,124,125,126)/p+1/t60-,61-,62-,63-,64-,65-,66+,69+/m1/s1. The van der Waals surface area contributed by atoms with E-state index < -0.39 is 224 Å². The van der Waals surface area contributed by atoms with Crippen molar-refractivity contribution in [3.8, 4) is 0 Å².